The molecule has 0 saturated heterocycles. The molecule has 5 nitrogen and oxygen atoms in total. The molecule has 106 valence electrons. The third kappa shape index (κ3) is 5.46. The van der Waals surface area contributed by atoms with E-state index in [4.69, 9.17) is 26.8 Å². The fourth-order valence-electron chi connectivity index (χ4n) is 1.60. The number of nitrogens with two attached hydrogens (primary N) is 1. The monoisotopic (exact) mass is 286 g/mol. The van der Waals surface area contributed by atoms with Crippen LogP contribution in [0.4, 0.5) is 0 Å². The van der Waals surface area contributed by atoms with E-state index in [1.165, 1.54) is 0 Å². The van der Waals surface area contributed by atoms with Crippen LogP contribution in [0.2, 0.25) is 5.02 Å². The highest BCUT2D eigenvalue weighted by molar-refractivity contribution is 6.30. The molecule has 0 aliphatic rings. The number of halogens is 1. The van der Waals surface area contributed by atoms with E-state index in [1.807, 2.05) is 6.92 Å². The van der Waals surface area contributed by atoms with Crippen molar-refractivity contribution in [2.75, 3.05) is 20.3 Å². The van der Waals surface area contributed by atoms with Gasteiger partial charge in [0.1, 0.15) is 5.75 Å². The van der Waals surface area contributed by atoms with Crippen molar-refractivity contribution in [2.45, 2.75) is 19.5 Å². The summed E-state index contributed by atoms with van der Waals surface area (Å²) < 4.78 is 10.4. The summed E-state index contributed by atoms with van der Waals surface area (Å²) in [6, 6.07) is 5.07. The Labute approximate surface area is 118 Å². The number of hydrogen-bond donors (Lipinski definition) is 2. The van der Waals surface area contributed by atoms with Crippen molar-refractivity contribution in [1.82, 2.24) is 5.32 Å². The molecule has 6 heteroatoms. The molecule has 1 unspecified atom stereocenters. The van der Waals surface area contributed by atoms with Gasteiger partial charge in [0.2, 0.25) is 0 Å². The maximum Gasteiger partial charge on any atom is 0.258 e. The summed E-state index contributed by atoms with van der Waals surface area (Å²) in [5.74, 6) is 0.365. The Kier molecular flexibility index (Phi) is 6.62. The van der Waals surface area contributed by atoms with Crippen molar-refractivity contribution in [3.05, 3.63) is 28.8 Å². The van der Waals surface area contributed by atoms with E-state index in [2.05, 4.69) is 5.32 Å². The van der Waals surface area contributed by atoms with Gasteiger partial charge in [-0.05, 0) is 25.1 Å². The lowest BCUT2D eigenvalue weighted by atomic mass is 10.2. The topological polar surface area (TPSA) is 73.6 Å². The molecule has 0 radical (unpaired) electrons. The molecule has 0 aliphatic heterocycles. The molecular weight excluding hydrogens is 268 g/mol. The van der Waals surface area contributed by atoms with Gasteiger partial charge in [-0.25, -0.2) is 0 Å². The number of carbonyl (C=O) groups excluding carboxylic acids is 1. The molecule has 0 bridgehead atoms. The van der Waals surface area contributed by atoms with Crippen molar-refractivity contribution >= 4 is 17.5 Å². The van der Waals surface area contributed by atoms with E-state index in [-0.39, 0.29) is 18.6 Å². The van der Waals surface area contributed by atoms with Crippen LogP contribution in [0.3, 0.4) is 0 Å². The van der Waals surface area contributed by atoms with Crippen molar-refractivity contribution in [2.24, 2.45) is 5.73 Å². The normalized spacial score (nSPS) is 12.0. The van der Waals surface area contributed by atoms with Crippen molar-refractivity contribution in [3.8, 4) is 5.75 Å². The Morgan fingerprint density at radius 2 is 2.26 bits per heavy atom. The van der Waals surface area contributed by atoms with E-state index in [9.17, 15) is 4.79 Å². The Morgan fingerprint density at radius 3 is 2.89 bits per heavy atom. The first-order valence-corrected chi connectivity index (χ1v) is 6.34. The maximum absolute atomic E-state index is 11.6. The second kappa shape index (κ2) is 7.99. The van der Waals surface area contributed by atoms with Crippen LogP contribution in [0, 0.1) is 0 Å². The SMILES string of the molecule is COCC(C)NC(=O)COc1ccc(Cl)cc1CN. The molecule has 0 heterocycles. The van der Waals surface area contributed by atoms with Crippen LogP contribution >= 0.6 is 11.6 Å². The van der Waals surface area contributed by atoms with Gasteiger partial charge in [-0.15, -0.1) is 0 Å². The van der Waals surface area contributed by atoms with Gasteiger partial charge in [-0.3, -0.25) is 4.79 Å². The van der Waals surface area contributed by atoms with E-state index >= 15 is 0 Å². The highest BCUT2D eigenvalue weighted by atomic mass is 35.5. The minimum Gasteiger partial charge on any atom is -0.483 e. The van der Waals surface area contributed by atoms with Crippen molar-refractivity contribution in [3.63, 3.8) is 0 Å². The maximum atomic E-state index is 11.6. The average molecular weight is 287 g/mol. The summed E-state index contributed by atoms with van der Waals surface area (Å²) in [7, 11) is 1.58. The number of ether oxygens (including phenoxy) is 2. The van der Waals surface area contributed by atoms with Crippen LogP contribution in [0.5, 0.6) is 5.75 Å². The van der Waals surface area contributed by atoms with Gasteiger partial charge in [0.05, 0.1) is 6.61 Å². The molecule has 0 saturated carbocycles. The predicted molar refractivity (Wildman–Crippen MR) is 74.3 cm³/mol. The van der Waals surface area contributed by atoms with Gasteiger partial charge in [0, 0.05) is 30.3 Å². The molecule has 0 spiro atoms. The molecule has 0 fully saturated rings. The third-order valence-electron chi connectivity index (χ3n) is 2.43. The summed E-state index contributed by atoms with van der Waals surface area (Å²) >= 11 is 5.86. The van der Waals surface area contributed by atoms with Crippen LogP contribution in [0.15, 0.2) is 18.2 Å². The molecule has 1 atom stereocenters. The number of methoxy groups -OCH3 is 1. The number of rotatable bonds is 7. The predicted octanol–water partition coefficient (Wildman–Crippen LogP) is 1.33. The number of hydrogen-bond acceptors (Lipinski definition) is 4. The van der Waals surface area contributed by atoms with E-state index in [0.717, 1.165) is 5.56 Å². The summed E-state index contributed by atoms with van der Waals surface area (Å²) in [4.78, 5) is 11.6. The van der Waals surface area contributed by atoms with Crippen LogP contribution in [-0.4, -0.2) is 32.3 Å². The van der Waals surface area contributed by atoms with E-state index in [1.54, 1.807) is 25.3 Å². The lowest BCUT2D eigenvalue weighted by Gasteiger charge is -2.14. The highest BCUT2D eigenvalue weighted by Crippen LogP contribution is 2.22. The summed E-state index contributed by atoms with van der Waals surface area (Å²) in [5, 5.41) is 3.34. The Bertz CT molecular complexity index is 426. The number of benzene rings is 1. The Morgan fingerprint density at radius 1 is 1.53 bits per heavy atom. The number of carbonyl (C=O) groups is 1. The largest absolute Gasteiger partial charge is 0.483 e. The lowest BCUT2D eigenvalue weighted by molar-refractivity contribution is -0.124. The van der Waals surface area contributed by atoms with Crippen LogP contribution < -0.4 is 15.8 Å². The third-order valence-corrected chi connectivity index (χ3v) is 2.66. The minimum atomic E-state index is -0.206. The van der Waals surface area contributed by atoms with E-state index in [0.29, 0.717) is 23.9 Å². The summed E-state index contributed by atoms with van der Waals surface area (Å²) in [5.41, 5.74) is 6.36. The molecule has 0 aliphatic carbocycles. The first kappa shape index (κ1) is 15.8. The quantitative estimate of drug-likeness (QED) is 0.793. The van der Waals surface area contributed by atoms with Crippen molar-refractivity contribution in [1.29, 1.82) is 0 Å². The van der Waals surface area contributed by atoms with E-state index < -0.39 is 0 Å². The van der Waals surface area contributed by atoms with Crippen LogP contribution in [0.25, 0.3) is 0 Å². The lowest BCUT2D eigenvalue weighted by Crippen LogP contribution is -2.38. The smallest absolute Gasteiger partial charge is 0.258 e. The molecule has 0 aromatic heterocycles. The zero-order valence-corrected chi connectivity index (χ0v) is 11.9. The first-order valence-electron chi connectivity index (χ1n) is 5.96. The van der Waals surface area contributed by atoms with Gasteiger partial charge in [-0.1, -0.05) is 11.6 Å². The summed E-state index contributed by atoms with van der Waals surface area (Å²) in [6.07, 6.45) is 0. The van der Waals surface area contributed by atoms with Gasteiger partial charge in [0.15, 0.2) is 6.61 Å². The standard InChI is InChI=1S/C13H19ClN2O3/c1-9(7-18-2)16-13(17)8-19-12-4-3-11(14)5-10(12)6-15/h3-5,9H,6-8,15H2,1-2H3,(H,16,17). The van der Waals surface area contributed by atoms with Gasteiger partial charge in [-0.2, -0.15) is 0 Å². The van der Waals surface area contributed by atoms with Crippen molar-refractivity contribution < 1.29 is 14.3 Å². The number of nitrogens with one attached hydrogen (secondary N) is 1. The second-order valence-corrected chi connectivity index (χ2v) is 4.61. The zero-order valence-electron chi connectivity index (χ0n) is 11.1. The Balaban J connectivity index is 2.50. The molecule has 1 aromatic rings. The van der Waals surface area contributed by atoms with Crippen LogP contribution in [-0.2, 0) is 16.1 Å². The number of amides is 1. The highest BCUT2D eigenvalue weighted by Gasteiger charge is 2.09. The fourth-order valence-corrected chi connectivity index (χ4v) is 1.79. The Hall–Kier alpha value is -1.30. The zero-order chi connectivity index (χ0) is 14.3. The minimum absolute atomic E-state index is 0.0553. The van der Waals surface area contributed by atoms with Gasteiger partial charge >= 0.3 is 0 Å². The fraction of sp³-hybridized carbons (Fsp3) is 0.462. The van der Waals surface area contributed by atoms with Crippen LogP contribution in [0.1, 0.15) is 12.5 Å². The molecule has 3 N–H and O–H groups in total. The molecule has 1 aromatic carbocycles. The molecular formula is C13H19ClN2O3. The molecule has 1 amide bonds. The average Bonchev–Trinajstić information content (AvgIpc) is 2.37. The van der Waals surface area contributed by atoms with Gasteiger partial charge < -0.3 is 20.5 Å². The first-order chi connectivity index (χ1) is 9.06. The molecule has 19 heavy (non-hydrogen) atoms. The van der Waals surface area contributed by atoms with Gasteiger partial charge in [0.25, 0.3) is 5.91 Å². The second-order valence-electron chi connectivity index (χ2n) is 4.17. The summed E-state index contributed by atoms with van der Waals surface area (Å²) in [6.45, 7) is 2.55. The molecule has 1 rings (SSSR count).